The van der Waals surface area contributed by atoms with Crippen molar-refractivity contribution in [2.75, 3.05) is 0 Å². The topological polar surface area (TPSA) is 59.9 Å². The number of carbonyl (C=O) groups is 2. The number of benzene rings is 2. The van der Waals surface area contributed by atoms with Gasteiger partial charge >= 0.3 is 0 Å². The lowest BCUT2D eigenvalue weighted by atomic mass is 10.0. The zero-order chi connectivity index (χ0) is 19.4. The van der Waals surface area contributed by atoms with Crippen molar-refractivity contribution in [3.63, 3.8) is 0 Å². The van der Waals surface area contributed by atoms with Crippen LogP contribution in [0.1, 0.15) is 36.9 Å². The molecular formula is C22H14N2O2S2. The van der Waals surface area contributed by atoms with Crippen molar-refractivity contribution in [3.05, 3.63) is 75.3 Å². The Bertz CT molecular complexity index is 1240. The highest BCUT2D eigenvalue weighted by molar-refractivity contribution is 7.28. The fourth-order valence-electron chi connectivity index (χ4n) is 3.26. The number of thiazole rings is 2. The Morgan fingerprint density at radius 2 is 1.43 bits per heavy atom. The number of rotatable bonds is 2. The van der Waals surface area contributed by atoms with Crippen LogP contribution in [0.4, 0.5) is 0 Å². The van der Waals surface area contributed by atoms with Gasteiger partial charge in [0.05, 0.1) is 5.57 Å². The number of carbonyl (C=O) groups excluding carboxylic acids is 2. The summed E-state index contributed by atoms with van der Waals surface area (Å²) in [6, 6.07) is 13.6. The Kier molecular flexibility index (Phi) is 3.86. The molecule has 0 aliphatic heterocycles. The van der Waals surface area contributed by atoms with Crippen molar-refractivity contribution in [2.45, 2.75) is 13.8 Å². The molecular weight excluding hydrogens is 388 g/mol. The summed E-state index contributed by atoms with van der Waals surface area (Å²) in [5, 5.41) is 1.55. The van der Waals surface area contributed by atoms with Crippen LogP contribution >= 0.6 is 22.7 Å². The van der Waals surface area contributed by atoms with Gasteiger partial charge < -0.3 is 0 Å². The van der Waals surface area contributed by atoms with Crippen LogP contribution in [-0.2, 0) is 0 Å². The van der Waals surface area contributed by atoms with Crippen molar-refractivity contribution >= 4 is 50.0 Å². The van der Waals surface area contributed by atoms with Crippen molar-refractivity contribution < 1.29 is 9.59 Å². The molecule has 2 aromatic carbocycles. The largest absolute Gasteiger partial charge is 0.288 e. The second-order valence-corrected chi connectivity index (χ2v) is 8.73. The van der Waals surface area contributed by atoms with Gasteiger partial charge in [-0.25, -0.2) is 9.97 Å². The van der Waals surface area contributed by atoms with Crippen LogP contribution < -0.4 is 0 Å². The molecule has 5 rings (SSSR count). The summed E-state index contributed by atoms with van der Waals surface area (Å²) < 4.78 is 0. The molecule has 4 nitrogen and oxygen atoms in total. The third-order valence-corrected chi connectivity index (χ3v) is 6.92. The molecule has 0 fully saturated rings. The van der Waals surface area contributed by atoms with Crippen LogP contribution in [0.5, 0.6) is 0 Å². The molecule has 28 heavy (non-hydrogen) atoms. The van der Waals surface area contributed by atoms with Crippen molar-refractivity contribution in [3.8, 4) is 10.6 Å². The lowest BCUT2D eigenvalue weighted by Gasteiger charge is -2.01. The van der Waals surface area contributed by atoms with Crippen LogP contribution in [0.3, 0.4) is 0 Å². The Labute approximate surface area is 169 Å². The number of allylic oxidation sites excluding steroid dienone is 1. The summed E-state index contributed by atoms with van der Waals surface area (Å²) in [7, 11) is 0. The number of hydrogen-bond donors (Lipinski definition) is 0. The highest BCUT2D eigenvalue weighted by Crippen LogP contribution is 2.35. The molecule has 1 aliphatic carbocycles. The number of ketones is 2. The molecule has 6 heteroatoms. The van der Waals surface area contributed by atoms with Gasteiger partial charge in [0, 0.05) is 16.7 Å². The van der Waals surface area contributed by atoms with E-state index in [4.69, 9.17) is 0 Å². The standard InChI is InChI=1S/C22H14N2O2S2/c1-11-8-14-15(9-12(11)2)19(26)16(18(14)25)10-17-23-21-22(27-17)24-20(28-21)13-6-4-3-5-7-13/h3-10H,1-2H3. The average molecular weight is 403 g/mol. The molecule has 0 saturated heterocycles. The molecule has 2 heterocycles. The van der Waals surface area contributed by atoms with E-state index in [9.17, 15) is 9.59 Å². The van der Waals surface area contributed by atoms with E-state index in [1.807, 2.05) is 44.2 Å². The first-order valence-corrected chi connectivity index (χ1v) is 10.4. The van der Waals surface area contributed by atoms with E-state index in [2.05, 4.69) is 9.97 Å². The van der Waals surface area contributed by atoms with Gasteiger partial charge in [-0.15, -0.1) is 0 Å². The summed E-state index contributed by atoms with van der Waals surface area (Å²) in [6.07, 6.45) is 1.61. The highest BCUT2D eigenvalue weighted by Gasteiger charge is 2.33. The van der Waals surface area contributed by atoms with Gasteiger partial charge in [0.2, 0.25) is 0 Å². The first-order valence-electron chi connectivity index (χ1n) is 8.76. The number of hydrogen-bond acceptors (Lipinski definition) is 6. The Morgan fingerprint density at radius 3 is 2.04 bits per heavy atom. The first-order chi connectivity index (χ1) is 13.5. The fraction of sp³-hybridized carbons (Fsp3) is 0.0909. The maximum atomic E-state index is 12.7. The van der Waals surface area contributed by atoms with Gasteiger partial charge in [-0.1, -0.05) is 53.0 Å². The molecule has 0 amide bonds. The number of aromatic nitrogens is 2. The molecule has 0 saturated carbocycles. The molecule has 0 spiro atoms. The maximum Gasteiger partial charge on any atom is 0.197 e. The van der Waals surface area contributed by atoms with Crippen molar-refractivity contribution in [2.24, 2.45) is 0 Å². The van der Waals surface area contributed by atoms with Crippen LogP contribution in [0.25, 0.3) is 26.3 Å². The second-order valence-electron chi connectivity index (χ2n) is 6.75. The predicted octanol–water partition coefficient (Wildman–Crippen LogP) is 5.50. The number of Topliss-reactive ketones (excluding diaryl/α,β-unsaturated/α-hetero) is 2. The van der Waals surface area contributed by atoms with E-state index < -0.39 is 0 Å². The first kappa shape index (κ1) is 17.2. The van der Waals surface area contributed by atoms with Crippen LogP contribution in [0.2, 0.25) is 0 Å². The quantitative estimate of drug-likeness (QED) is 0.328. The summed E-state index contributed by atoms with van der Waals surface area (Å²) in [6.45, 7) is 3.89. The van der Waals surface area contributed by atoms with E-state index in [1.165, 1.54) is 22.7 Å². The molecule has 136 valence electrons. The molecule has 0 unspecified atom stereocenters. The zero-order valence-electron chi connectivity index (χ0n) is 15.1. The smallest absolute Gasteiger partial charge is 0.197 e. The van der Waals surface area contributed by atoms with Crippen molar-refractivity contribution in [1.29, 1.82) is 0 Å². The van der Waals surface area contributed by atoms with E-state index >= 15 is 0 Å². The third-order valence-electron chi connectivity index (χ3n) is 4.89. The lowest BCUT2D eigenvalue weighted by Crippen LogP contribution is -2.00. The van der Waals surface area contributed by atoms with Gasteiger partial charge in [-0.05, 0) is 43.2 Å². The zero-order valence-corrected chi connectivity index (χ0v) is 16.8. The average Bonchev–Trinajstić information content (AvgIpc) is 3.31. The molecule has 2 aromatic heterocycles. The van der Waals surface area contributed by atoms with Gasteiger partial charge in [-0.3, -0.25) is 9.59 Å². The van der Waals surface area contributed by atoms with Crippen LogP contribution in [0.15, 0.2) is 48.0 Å². The van der Waals surface area contributed by atoms with E-state index in [-0.39, 0.29) is 17.1 Å². The Hall–Kier alpha value is -2.96. The normalized spacial score (nSPS) is 13.4. The summed E-state index contributed by atoms with van der Waals surface area (Å²) >= 11 is 2.91. The van der Waals surface area contributed by atoms with Crippen LogP contribution in [-0.4, -0.2) is 21.5 Å². The van der Waals surface area contributed by atoms with E-state index in [0.29, 0.717) is 16.1 Å². The predicted molar refractivity (Wildman–Crippen MR) is 113 cm³/mol. The molecule has 1 aliphatic rings. The summed E-state index contributed by atoms with van der Waals surface area (Å²) in [5.41, 5.74) is 4.23. The van der Waals surface area contributed by atoms with Crippen LogP contribution in [0, 0.1) is 13.8 Å². The minimum Gasteiger partial charge on any atom is -0.288 e. The van der Waals surface area contributed by atoms with Gasteiger partial charge in [0.15, 0.2) is 21.2 Å². The molecule has 0 bridgehead atoms. The van der Waals surface area contributed by atoms with Gasteiger partial charge in [-0.2, -0.15) is 0 Å². The SMILES string of the molecule is Cc1cc2c(cc1C)C(=O)C(=Cc1nc3sc(-c4ccccc4)nc3s1)C2=O. The Morgan fingerprint density at radius 1 is 0.821 bits per heavy atom. The van der Waals surface area contributed by atoms with E-state index in [1.54, 1.807) is 18.2 Å². The molecule has 0 atom stereocenters. The van der Waals surface area contributed by atoms with E-state index in [0.717, 1.165) is 31.4 Å². The van der Waals surface area contributed by atoms with Gasteiger partial charge in [0.25, 0.3) is 0 Å². The highest BCUT2D eigenvalue weighted by atomic mass is 32.1. The van der Waals surface area contributed by atoms with Crippen molar-refractivity contribution in [1.82, 2.24) is 9.97 Å². The molecule has 0 radical (unpaired) electrons. The second kappa shape index (κ2) is 6.29. The third kappa shape index (κ3) is 2.65. The number of fused-ring (bicyclic) bond motifs is 2. The monoisotopic (exact) mass is 402 g/mol. The Balaban J connectivity index is 1.53. The number of aryl methyl sites for hydroxylation is 2. The summed E-state index contributed by atoms with van der Waals surface area (Å²) in [5.74, 6) is -0.445. The summed E-state index contributed by atoms with van der Waals surface area (Å²) in [4.78, 5) is 36.4. The molecule has 4 aromatic rings. The minimum atomic E-state index is -0.223. The molecule has 0 N–H and O–H groups in total. The minimum absolute atomic E-state index is 0.185. The lowest BCUT2D eigenvalue weighted by molar-refractivity contribution is 0.0990. The number of nitrogens with zero attached hydrogens (tertiary/aromatic N) is 2. The maximum absolute atomic E-state index is 12.7. The fourth-order valence-corrected chi connectivity index (χ4v) is 5.26. The van der Waals surface area contributed by atoms with Gasteiger partial charge in [0.1, 0.15) is 10.0 Å².